The second-order valence-electron chi connectivity index (χ2n) is 6.17. The molecule has 9 heteroatoms. The van der Waals surface area contributed by atoms with Crippen LogP contribution in [0.2, 0.25) is 0 Å². The first-order valence-corrected chi connectivity index (χ1v) is 8.27. The van der Waals surface area contributed by atoms with Crippen LogP contribution in [0.25, 0.3) is 5.69 Å². The molecule has 5 nitrogen and oxygen atoms in total. The number of halogens is 4. The number of hydrogen-bond donors (Lipinski definition) is 1. The van der Waals surface area contributed by atoms with E-state index in [1.165, 1.54) is 29.2 Å². The highest BCUT2D eigenvalue weighted by Crippen LogP contribution is 2.31. The molecule has 0 atom stereocenters. The summed E-state index contributed by atoms with van der Waals surface area (Å²) in [6, 6.07) is 4.39. The lowest BCUT2D eigenvalue weighted by atomic mass is 10.0. The number of pyridine rings is 1. The number of fused-ring (bicyclic) bond motifs is 1. The van der Waals surface area contributed by atoms with Crippen molar-refractivity contribution in [1.29, 1.82) is 0 Å². The van der Waals surface area contributed by atoms with Crippen molar-refractivity contribution in [3.8, 4) is 5.69 Å². The van der Waals surface area contributed by atoms with Gasteiger partial charge in [0.25, 0.3) is 0 Å². The number of carbonyl (C=O) groups is 1. The Morgan fingerprint density at radius 1 is 1.25 bits per heavy atom. The van der Waals surface area contributed by atoms with E-state index in [1.807, 2.05) is 0 Å². The minimum absolute atomic E-state index is 0.0842. The van der Waals surface area contributed by atoms with E-state index >= 15 is 0 Å². The van der Waals surface area contributed by atoms with Crippen molar-refractivity contribution in [3.05, 3.63) is 70.9 Å². The summed E-state index contributed by atoms with van der Waals surface area (Å²) in [6.45, 7) is 0.416. The third-order valence-electron chi connectivity index (χ3n) is 4.20. The number of anilines is 1. The molecule has 3 heterocycles. The van der Waals surface area contributed by atoms with Gasteiger partial charge in [0.1, 0.15) is 11.6 Å². The Balaban J connectivity index is 1.78. The average Bonchev–Trinajstić information content (AvgIpc) is 3.12. The Bertz CT molecular complexity index is 1140. The molecule has 28 heavy (non-hydrogen) atoms. The Morgan fingerprint density at radius 3 is 2.86 bits per heavy atom. The monoisotopic (exact) mass is 392 g/mol. The van der Waals surface area contributed by atoms with Crippen LogP contribution >= 0.6 is 0 Å². The molecular weight excluding hydrogens is 376 g/mol. The maximum absolute atomic E-state index is 13.8. The second-order valence-corrected chi connectivity index (χ2v) is 6.17. The molecule has 0 spiro atoms. The van der Waals surface area contributed by atoms with E-state index < -0.39 is 29.5 Å². The van der Waals surface area contributed by atoms with Gasteiger partial charge in [0.15, 0.2) is 5.78 Å². The van der Waals surface area contributed by atoms with Gasteiger partial charge in [-0.2, -0.15) is 18.3 Å². The molecule has 0 amide bonds. The number of hydrogen-bond acceptors (Lipinski definition) is 4. The van der Waals surface area contributed by atoms with E-state index in [9.17, 15) is 22.4 Å². The van der Waals surface area contributed by atoms with E-state index in [2.05, 4.69) is 15.4 Å². The number of Topliss-reactive ketones (excluding diaryl/α,β-unsaturated/α-hetero) is 1. The number of alkyl halides is 3. The Morgan fingerprint density at radius 2 is 2.07 bits per heavy atom. The van der Waals surface area contributed by atoms with Crippen molar-refractivity contribution in [2.24, 2.45) is 0 Å². The minimum atomic E-state index is -4.82. The van der Waals surface area contributed by atoms with Crippen molar-refractivity contribution in [2.45, 2.75) is 19.0 Å². The van der Waals surface area contributed by atoms with Gasteiger partial charge in [-0.05, 0) is 35.9 Å². The van der Waals surface area contributed by atoms with Gasteiger partial charge in [-0.15, -0.1) is 0 Å². The van der Waals surface area contributed by atoms with Crippen LogP contribution < -0.4 is 5.32 Å². The molecule has 0 radical (unpaired) electrons. The van der Waals surface area contributed by atoms with Crippen LogP contribution in [-0.2, 0) is 12.5 Å². The first kappa shape index (κ1) is 15.8. The summed E-state index contributed by atoms with van der Waals surface area (Å²) < 4.78 is 70.9. The van der Waals surface area contributed by atoms with E-state index in [0.29, 0.717) is 48.2 Å². The smallest absolute Gasteiger partial charge is 0.369 e. The lowest BCUT2D eigenvalue weighted by Gasteiger charge is -2.15. The number of nitrogens with one attached hydrogen (secondary N) is 1. The van der Waals surface area contributed by atoms with Gasteiger partial charge in [0.05, 0.1) is 23.0 Å². The molecule has 1 aliphatic heterocycles. The molecule has 0 unspecified atom stereocenters. The largest absolute Gasteiger partial charge is 0.416 e. The van der Waals surface area contributed by atoms with Crippen LogP contribution in [0.4, 0.5) is 23.4 Å². The molecule has 4 rings (SSSR count). The molecule has 2 aromatic heterocycles. The maximum Gasteiger partial charge on any atom is 0.416 e. The van der Waals surface area contributed by atoms with E-state index in [0.717, 1.165) is 0 Å². The fourth-order valence-corrected chi connectivity index (χ4v) is 2.94. The highest BCUT2D eigenvalue weighted by Gasteiger charge is 2.31. The molecule has 0 fully saturated rings. The van der Waals surface area contributed by atoms with E-state index in [1.54, 1.807) is 0 Å². The van der Waals surface area contributed by atoms with E-state index in [4.69, 9.17) is 2.74 Å². The lowest BCUT2D eigenvalue weighted by Crippen LogP contribution is -2.19. The molecule has 1 aliphatic rings. The van der Waals surface area contributed by atoms with Gasteiger partial charge in [0, 0.05) is 34.0 Å². The van der Waals surface area contributed by atoms with Gasteiger partial charge in [-0.3, -0.25) is 9.78 Å². The number of nitrogens with zero attached hydrogens (tertiary/aromatic N) is 3. The molecule has 144 valence electrons. The fourth-order valence-electron chi connectivity index (χ4n) is 2.94. The van der Waals surface area contributed by atoms with Crippen molar-refractivity contribution >= 4 is 11.6 Å². The topological polar surface area (TPSA) is 59.8 Å². The van der Waals surface area contributed by atoms with Crippen LogP contribution in [0.15, 0.2) is 42.7 Å². The predicted octanol–water partition coefficient (Wildman–Crippen LogP) is 4.01. The number of rotatable bonds is 3. The summed E-state index contributed by atoms with van der Waals surface area (Å²) in [5, 5.41) is 7.20. The first-order valence-electron chi connectivity index (χ1n) is 9.27. The minimum Gasteiger partial charge on any atom is -0.369 e. The van der Waals surface area contributed by atoms with Gasteiger partial charge in [-0.1, -0.05) is 0 Å². The zero-order valence-electron chi connectivity index (χ0n) is 16.2. The third kappa shape index (κ3) is 3.47. The van der Waals surface area contributed by atoms with Gasteiger partial charge in [0.2, 0.25) is 0 Å². The zero-order chi connectivity index (χ0) is 21.7. The Kier molecular flexibility index (Phi) is 3.80. The molecule has 1 aromatic carbocycles. The van der Waals surface area contributed by atoms with Crippen LogP contribution in [0.3, 0.4) is 0 Å². The maximum atomic E-state index is 13.8. The van der Waals surface area contributed by atoms with Crippen LogP contribution in [0.5, 0.6) is 0 Å². The highest BCUT2D eigenvalue weighted by atomic mass is 19.4. The normalized spacial score (nSPS) is 15.5. The van der Waals surface area contributed by atoms with Crippen LogP contribution in [0, 0.1) is 5.82 Å². The van der Waals surface area contributed by atoms with Crippen molar-refractivity contribution < 1.29 is 25.1 Å². The molecule has 3 aromatic rings. The first-order chi connectivity index (χ1) is 14.1. The fraction of sp³-hybridized carbons (Fsp3) is 0.211. The summed E-state index contributed by atoms with van der Waals surface area (Å²) in [6.07, 6.45) is -4.36. The third-order valence-corrected chi connectivity index (χ3v) is 4.20. The molecule has 0 saturated carbocycles. The lowest BCUT2D eigenvalue weighted by molar-refractivity contribution is -0.137. The van der Waals surface area contributed by atoms with Crippen LogP contribution in [0.1, 0.15) is 36.3 Å². The summed E-state index contributed by atoms with van der Waals surface area (Å²) in [5.41, 5.74) is -1.30. The Labute approximate surface area is 159 Å². The number of carbonyl (C=O) groups excluding carboxylic acids is 1. The van der Waals surface area contributed by atoms with E-state index in [-0.39, 0.29) is 11.5 Å². The average molecular weight is 392 g/mol. The molecule has 0 bridgehead atoms. The standard InChI is InChI=1S/C19H14F4N4O/c20-13-6-11(5-12(8-13)19(21,22)23)7-14-9-15(1-3-24-14)27-18-16(10-26-27)17(28)2-4-25-18/h1,3,5-6,8-10,25H,2,4,7H2/i7D2. The summed E-state index contributed by atoms with van der Waals surface area (Å²) in [5.74, 6) is -0.850. The van der Waals surface area contributed by atoms with Crippen LogP contribution in [-0.4, -0.2) is 27.1 Å². The summed E-state index contributed by atoms with van der Waals surface area (Å²) >= 11 is 0. The van der Waals surface area contributed by atoms with Gasteiger partial charge in [-0.25, -0.2) is 9.07 Å². The Hall–Kier alpha value is -3.23. The summed E-state index contributed by atoms with van der Waals surface area (Å²) in [7, 11) is 0. The zero-order valence-corrected chi connectivity index (χ0v) is 14.2. The predicted molar refractivity (Wildman–Crippen MR) is 93.0 cm³/mol. The molecule has 1 N–H and O–H groups in total. The molecule has 0 aliphatic carbocycles. The number of ketones is 1. The molecular formula is C19H14F4N4O. The second kappa shape index (κ2) is 6.74. The highest BCUT2D eigenvalue weighted by molar-refractivity contribution is 6.02. The van der Waals surface area contributed by atoms with Crippen molar-refractivity contribution in [3.63, 3.8) is 0 Å². The van der Waals surface area contributed by atoms with Gasteiger partial charge < -0.3 is 5.32 Å². The number of aromatic nitrogens is 3. The number of benzene rings is 1. The SMILES string of the molecule is [2H]C([2H])(c1cc(F)cc(C(F)(F)F)c1)c1cc(-n2ncc3c2NCCC3=O)ccn1. The van der Waals surface area contributed by atoms with Crippen molar-refractivity contribution in [1.82, 2.24) is 14.8 Å². The quantitative estimate of drug-likeness (QED) is 0.684. The van der Waals surface area contributed by atoms with Gasteiger partial charge >= 0.3 is 6.18 Å². The summed E-state index contributed by atoms with van der Waals surface area (Å²) in [4.78, 5) is 15.9. The molecule has 0 saturated heterocycles. The van der Waals surface area contributed by atoms with Crippen molar-refractivity contribution in [2.75, 3.05) is 11.9 Å².